The molecule has 0 spiro atoms. The number of aromatic nitrogens is 3. The van der Waals surface area contributed by atoms with Crippen LogP contribution in [0.5, 0.6) is 5.75 Å². The molecule has 0 unspecified atom stereocenters. The third-order valence-electron chi connectivity index (χ3n) is 6.20. The van der Waals surface area contributed by atoms with Gasteiger partial charge in [0.15, 0.2) is 5.75 Å². The second-order valence-corrected chi connectivity index (χ2v) is 8.82. The van der Waals surface area contributed by atoms with Crippen molar-refractivity contribution in [1.29, 1.82) is 0 Å². The fourth-order valence-corrected chi connectivity index (χ4v) is 4.32. The van der Waals surface area contributed by atoms with Gasteiger partial charge in [0, 0.05) is 37.6 Å². The van der Waals surface area contributed by atoms with Crippen molar-refractivity contribution in [3.05, 3.63) is 64.1 Å². The number of hydrogen-bond acceptors (Lipinski definition) is 4. The molecule has 1 aliphatic heterocycles. The fourth-order valence-electron chi connectivity index (χ4n) is 4.04. The number of halogens is 1. The van der Waals surface area contributed by atoms with Gasteiger partial charge in [-0.25, -0.2) is 0 Å². The van der Waals surface area contributed by atoms with Gasteiger partial charge in [-0.2, -0.15) is 5.10 Å². The molecule has 0 fully saturated rings. The van der Waals surface area contributed by atoms with Crippen LogP contribution in [0, 0.1) is 6.92 Å². The molecule has 0 saturated carbocycles. The first kappa shape index (κ1) is 22.3. The Hall–Kier alpha value is -2.86. The Bertz CT molecular complexity index is 1120. The number of rotatable bonds is 5. The lowest BCUT2D eigenvalue weighted by atomic mass is 9.96. The molecule has 2 aromatic heterocycles. The van der Waals surface area contributed by atoms with Crippen molar-refractivity contribution in [2.45, 2.75) is 46.1 Å². The van der Waals surface area contributed by atoms with E-state index in [1.165, 1.54) is 0 Å². The number of pyridine rings is 1. The molecule has 0 aliphatic carbocycles. The summed E-state index contributed by atoms with van der Waals surface area (Å²) in [4.78, 5) is 20.0. The van der Waals surface area contributed by atoms with E-state index in [0.717, 1.165) is 40.8 Å². The number of nitrogens with zero attached hydrogens (tertiary/aromatic N) is 4. The molecule has 168 valence electrons. The Kier molecular flexibility index (Phi) is 6.51. The molecule has 32 heavy (non-hydrogen) atoms. The zero-order chi connectivity index (χ0) is 22.8. The summed E-state index contributed by atoms with van der Waals surface area (Å²) >= 11 is 6.72. The molecule has 1 aliphatic rings. The molecule has 3 heterocycles. The van der Waals surface area contributed by atoms with Crippen LogP contribution in [0.25, 0.3) is 11.3 Å². The normalized spacial score (nSPS) is 15.0. The van der Waals surface area contributed by atoms with Gasteiger partial charge >= 0.3 is 0 Å². The molecule has 0 saturated heterocycles. The van der Waals surface area contributed by atoms with Crippen LogP contribution in [0.4, 0.5) is 0 Å². The monoisotopic (exact) mass is 452 g/mol. The first-order valence-corrected chi connectivity index (χ1v) is 11.5. The number of aryl methyl sites for hydroxylation is 1. The summed E-state index contributed by atoms with van der Waals surface area (Å²) < 4.78 is 7.70. The number of hydrogen-bond donors (Lipinski definition) is 0. The summed E-state index contributed by atoms with van der Waals surface area (Å²) in [7, 11) is 1.89. The van der Waals surface area contributed by atoms with E-state index in [2.05, 4.69) is 30.0 Å². The van der Waals surface area contributed by atoms with Gasteiger partial charge in [0.2, 0.25) is 0 Å². The van der Waals surface area contributed by atoms with E-state index < -0.39 is 0 Å². The molecule has 1 amide bonds. The van der Waals surface area contributed by atoms with Gasteiger partial charge in [-0.1, -0.05) is 24.6 Å². The zero-order valence-corrected chi connectivity index (χ0v) is 19.8. The number of fused-ring (bicyclic) bond motifs is 1. The van der Waals surface area contributed by atoms with Gasteiger partial charge in [-0.05, 0) is 61.9 Å². The van der Waals surface area contributed by atoms with E-state index >= 15 is 0 Å². The van der Waals surface area contributed by atoms with Crippen molar-refractivity contribution in [2.75, 3.05) is 13.2 Å². The highest BCUT2D eigenvalue weighted by molar-refractivity contribution is 6.33. The van der Waals surface area contributed by atoms with Gasteiger partial charge in [0.05, 0.1) is 29.1 Å². The molecule has 1 atom stereocenters. The molecule has 0 N–H and O–H groups in total. The maximum Gasteiger partial charge on any atom is 0.257 e. The summed E-state index contributed by atoms with van der Waals surface area (Å²) in [5.74, 6) is 0.498. The molecular weight excluding hydrogens is 424 g/mol. The number of amides is 1. The highest BCUT2D eigenvalue weighted by Crippen LogP contribution is 2.37. The summed E-state index contributed by atoms with van der Waals surface area (Å²) in [6.45, 7) is 7.41. The summed E-state index contributed by atoms with van der Waals surface area (Å²) in [6, 6.07) is 6.18. The Balaban J connectivity index is 1.66. The van der Waals surface area contributed by atoms with E-state index in [4.69, 9.17) is 16.3 Å². The number of benzene rings is 1. The Morgan fingerprint density at radius 2 is 2.09 bits per heavy atom. The van der Waals surface area contributed by atoms with Gasteiger partial charge < -0.3 is 9.64 Å². The summed E-state index contributed by atoms with van der Waals surface area (Å²) in [5.41, 5.74) is 5.40. The van der Waals surface area contributed by atoms with E-state index in [1.54, 1.807) is 10.9 Å². The van der Waals surface area contributed by atoms with Crippen molar-refractivity contribution in [3.8, 4) is 17.0 Å². The molecule has 1 aromatic carbocycles. The largest absolute Gasteiger partial charge is 0.491 e. The number of ether oxygens (including phenoxy) is 1. The zero-order valence-electron chi connectivity index (χ0n) is 19.1. The second kappa shape index (κ2) is 9.33. The van der Waals surface area contributed by atoms with Crippen molar-refractivity contribution in [1.82, 2.24) is 19.7 Å². The first-order valence-electron chi connectivity index (χ1n) is 11.1. The van der Waals surface area contributed by atoms with Crippen molar-refractivity contribution < 1.29 is 9.53 Å². The minimum Gasteiger partial charge on any atom is -0.491 e. The Labute approximate surface area is 194 Å². The van der Waals surface area contributed by atoms with Crippen LogP contribution in [0.1, 0.15) is 53.7 Å². The quantitative estimate of drug-likeness (QED) is 0.543. The third-order valence-corrected chi connectivity index (χ3v) is 6.65. The first-order chi connectivity index (χ1) is 15.4. The molecule has 0 radical (unpaired) electrons. The molecule has 7 heteroatoms. The summed E-state index contributed by atoms with van der Waals surface area (Å²) in [6.07, 6.45) is 7.95. The van der Waals surface area contributed by atoms with Gasteiger partial charge in [0.25, 0.3) is 5.91 Å². The molecule has 3 aromatic rings. The van der Waals surface area contributed by atoms with Crippen molar-refractivity contribution in [3.63, 3.8) is 0 Å². The smallest absolute Gasteiger partial charge is 0.257 e. The maximum atomic E-state index is 13.4. The van der Waals surface area contributed by atoms with E-state index in [0.29, 0.717) is 35.9 Å². The van der Waals surface area contributed by atoms with Crippen LogP contribution in [0.15, 0.2) is 36.8 Å². The SMILES string of the molecule is CC[C@H](C)N1CCCOc2c(cc(Cc3ccc(-c4cnn(C)c4)nc3)c(C)c2Cl)C1=O. The standard InChI is InChI=1S/C25H29ClN4O2/c1-5-16(2)30-9-6-10-32-24-21(25(30)31)12-19(17(3)23(24)26)11-18-7-8-22(27-13-18)20-14-28-29(4)15-20/h7-8,12-16H,5-6,9-11H2,1-4H3/t16-/m0/s1. The number of carbonyl (C=O) groups excluding carboxylic acids is 1. The second-order valence-electron chi connectivity index (χ2n) is 8.44. The predicted molar refractivity (Wildman–Crippen MR) is 126 cm³/mol. The van der Waals surface area contributed by atoms with Crippen LogP contribution in [0.3, 0.4) is 0 Å². The highest BCUT2D eigenvalue weighted by atomic mass is 35.5. The van der Waals surface area contributed by atoms with Gasteiger partial charge in [0.1, 0.15) is 0 Å². The molecule has 6 nitrogen and oxygen atoms in total. The number of carbonyl (C=O) groups is 1. The average molecular weight is 453 g/mol. The third kappa shape index (κ3) is 4.37. The van der Waals surface area contributed by atoms with E-state index in [1.807, 2.05) is 43.4 Å². The Morgan fingerprint density at radius 1 is 1.28 bits per heavy atom. The Morgan fingerprint density at radius 3 is 2.75 bits per heavy atom. The summed E-state index contributed by atoms with van der Waals surface area (Å²) in [5, 5.41) is 4.73. The average Bonchev–Trinajstić information content (AvgIpc) is 3.22. The minimum atomic E-state index is -0.0118. The molecule has 4 rings (SSSR count). The lowest BCUT2D eigenvalue weighted by molar-refractivity contribution is 0.0654. The predicted octanol–water partition coefficient (Wildman–Crippen LogP) is 5.06. The van der Waals surface area contributed by atoms with Crippen LogP contribution < -0.4 is 4.74 Å². The van der Waals surface area contributed by atoms with E-state index in [9.17, 15) is 4.79 Å². The van der Waals surface area contributed by atoms with Gasteiger partial charge in [-0.3, -0.25) is 14.5 Å². The van der Waals surface area contributed by atoms with Crippen LogP contribution in [-0.2, 0) is 13.5 Å². The minimum absolute atomic E-state index is 0.0118. The van der Waals surface area contributed by atoms with E-state index in [-0.39, 0.29) is 11.9 Å². The molecule has 0 bridgehead atoms. The highest BCUT2D eigenvalue weighted by Gasteiger charge is 2.28. The van der Waals surface area contributed by atoms with Gasteiger partial charge in [-0.15, -0.1) is 0 Å². The maximum absolute atomic E-state index is 13.4. The van der Waals surface area contributed by atoms with Crippen molar-refractivity contribution in [2.24, 2.45) is 7.05 Å². The van der Waals surface area contributed by atoms with Crippen LogP contribution in [-0.4, -0.2) is 44.8 Å². The lowest BCUT2D eigenvalue weighted by Crippen LogP contribution is -2.41. The molecular formula is C25H29ClN4O2. The van der Waals surface area contributed by atoms with Crippen LogP contribution in [0.2, 0.25) is 5.02 Å². The van der Waals surface area contributed by atoms with Crippen LogP contribution >= 0.6 is 11.6 Å². The fraction of sp³-hybridized carbons (Fsp3) is 0.400. The topological polar surface area (TPSA) is 60.2 Å². The lowest BCUT2D eigenvalue weighted by Gasteiger charge is -2.32. The van der Waals surface area contributed by atoms with Crippen molar-refractivity contribution >= 4 is 17.5 Å².